The summed E-state index contributed by atoms with van der Waals surface area (Å²) in [5, 5.41) is 23.0. The fourth-order valence-electron chi connectivity index (χ4n) is 4.48. The Kier molecular flexibility index (Phi) is 12.5. The van der Waals surface area contributed by atoms with Crippen molar-refractivity contribution < 1.29 is 71.7 Å². The molecule has 1 saturated heterocycles. The van der Waals surface area contributed by atoms with Crippen molar-refractivity contribution in [2.45, 2.75) is 64.0 Å². The van der Waals surface area contributed by atoms with Gasteiger partial charge in [-0.2, -0.15) is 0 Å². The van der Waals surface area contributed by atoms with Gasteiger partial charge in [0, 0.05) is 44.5 Å². The molecule has 0 aromatic heterocycles. The smallest absolute Gasteiger partial charge is 0.467 e. The summed E-state index contributed by atoms with van der Waals surface area (Å²) < 4.78 is 42.1. The van der Waals surface area contributed by atoms with Gasteiger partial charge in [-0.1, -0.05) is 6.07 Å². The van der Waals surface area contributed by atoms with Gasteiger partial charge in [-0.15, -0.1) is 12.3 Å². The van der Waals surface area contributed by atoms with Crippen LogP contribution in [-0.2, 0) is 47.6 Å². The minimum atomic E-state index is -1.90. The largest absolute Gasteiger partial charge is 0.514 e. The Hall–Kier alpha value is -6.29. The summed E-state index contributed by atoms with van der Waals surface area (Å²) in [6, 6.07) is 7.71. The lowest BCUT2D eigenvalue weighted by molar-refractivity contribution is -0.387. The maximum atomic E-state index is 12.7. The van der Waals surface area contributed by atoms with Gasteiger partial charge in [0.15, 0.2) is 24.1 Å². The van der Waals surface area contributed by atoms with Gasteiger partial charge in [-0.3, -0.25) is 34.6 Å². The van der Waals surface area contributed by atoms with E-state index in [9.17, 15) is 44.2 Å². The van der Waals surface area contributed by atoms with Crippen LogP contribution in [0.1, 0.15) is 38.9 Å². The van der Waals surface area contributed by atoms with Crippen molar-refractivity contribution >= 4 is 41.4 Å². The average molecular weight is 689 g/mol. The number of esters is 4. The van der Waals surface area contributed by atoms with E-state index in [0.717, 1.165) is 64.3 Å². The second-order valence-corrected chi connectivity index (χ2v) is 9.89. The van der Waals surface area contributed by atoms with Crippen LogP contribution in [0.4, 0.5) is 16.2 Å². The minimum Gasteiger partial charge on any atom is -0.467 e. The molecule has 3 unspecified atom stereocenters. The first-order valence-electron chi connectivity index (χ1n) is 13.9. The van der Waals surface area contributed by atoms with E-state index in [0.29, 0.717) is 0 Å². The van der Waals surface area contributed by atoms with Crippen molar-refractivity contribution in [3.05, 3.63) is 68.3 Å². The fourth-order valence-corrected chi connectivity index (χ4v) is 4.48. The highest BCUT2D eigenvalue weighted by molar-refractivity contribution is 5.77. The Morgan fingerprint density at radius 3 is 2.00 bits per heavy atom. The lowest BCUT2D eigenvalue weighted by atomic mass is 9.97. The minimum absolute atomic E-state index is 0.00102. The van der Waals surface area contributed by atoms with E-state index in [4.69, 9.17) is 44.3 Å². The van der Waals surface area contributed by atoms with Crippen molar-refractivity contribution in [2.24, 2.45) is 0 Å². The molecular formula is C30H28N2O17. The van der Waals surface area contributed by atoms with Crippen molar-refractivity contribution in [1.29, 1.82) is 0 Å². The number of methoxy groups -OCH3 is 1. The summed E-state index contributed by atoms with van der Waals surface area (Å²) >= 11 is 0. The molecule has 49 heavy (non-hydrogen) atoms. The zero-order valence-electron chi connectivity index (χ0n) is 26.1. The zero-order chi connectivity index (χ0) is 36.4. The van der Waals surface area contributed by atoms with Gasteiger partial charge >= 0.3 is 35.7 Å². The van der Waals surface area contributed by atoms with Crippen LogP contribution in [0.25, 0.3) is 0 Å². The number of ether oxygens (including phenoxy) is 8. The maximum absolute atomic E-state index is 12.7. The van der Waals surface area contributed by atoms with Crippen LogP contribution < -0.4 is 9.47 Å². The standard InChI is InChI=1S/C30H28N2O17/c1-6-7-22(48-30(37)46-20-11-9-19(10-12-20)31(38)39)18-8-13-23(21(14-18)32(40)41)47-29-27(45-17(4)35)25(44-16(3)34)24(43-15(2)33)26(49-29)28(36)42-5/h1,8-14,22,24-27,29H,7H2,2-5H3/t22?,24-,25?,26?,27-,29+/m0/s1. The Morgan fingerprint density at radius 2 is 1.47 bits per heavy atom. The molecule has 1 aliphatic heterocycles. The van der Waals surface area contributed by atoms with E-state index in [1.807, 2.05) is 0 Å². The number of non-ortho nitro benzene ring substituents is 1. The number of nitrogens with zero attached hydrogens (tertiary/aromatic N) is 2. The maximum Gasteiger partial charge on any atom is 0.514 e. The lowest BCUT2D eigenvalue weighted by Gasteiger charge is -2.42. The molecule has 1 aliphatic rings. The highest BCUT2D eigenvalue weighted by atomic mass is 16.7. The van der Waals surface area contributed by atoms with Gasteiger partial charge in [0.1, 0.15) is 11.9 Å². The number of hydrogen-bond donors (Lipinski definition) is 0. The van der Waals surface area contributed by atoms with Gasteiger partial charge in [0.2, 0.25) is 12.4 Å². The highest BCUT2D eigenvalue weighted by Crippen LogP contribution is 2.37. The summed E-state index contributed by atoms with van der Waals surface area (Å²) in [5.41, 5.74) is -1.01. The monoisotopic (exact) mass is 688 g/mol. The first-order valence-corrected chi connectivity index (χ1v) is 13.9. The predicted molar refractivity (Wildman–Crippen MR) is 157 cm³/mol. The molecule has 19 heteroatoms. The van der Waals surface area contributed by atoms with Gasteiger partial charge in [-0.05, 0) is 18.2 Å². The van der Waals surface area contributed by atoms with Crippen molar-refractivity contribution in [3.63, 3.8) is 0 Å². The fraction of sp³-hybridized carbons (Fsp3) is 0.367. The first kappa shape index (κ1) is 37.2. The molecule has 0 radical (unpaired) electrons. The number of benzene rings is 2. The average Bonchev–Trinajstić information content (AvgIpc) is 3.02. The third-order valence-corrected chi connectivity index (χ3v) is 6.42. The summed E-state index contributed by atoms with van der Waals surface area (Å²) in [5.74, 6) is -2.34. The highest BCUT2D eigenvalue weighted by Gasteiger charge is 2.56. The van der Waals surface area contributed by atoms with Gasteiger partial charge in [0.25, 0.3) is 5.69 Å². The van der Waals surface area contributed by atoms with Gasteiger partial charge in [-0.25, -0.2) is 9.59 Å². The number of terminal acetylenes is 1. The van der Waals surface area contributed by atoms with Crippen LogP contribution in [0.3, 0.4) is 0 Å². The van der Waals surface area contributed by atoms with Crippen LogP contribution in [0, 0.1) is 32.6 Å². The Morgan fingerprint density at radius 1 is 0.878 bits per heavy atom. The molecular weight excluding hydrogens is 660 g/mol. The number of nitro groups is 2. The predicted octanol–water partition coefficient (Wildman–Crippen LogP) is 2.85. The quantitative estimate of drug-likeness (QED) is 0.0776. The number of nitro benzene ring substituents is 2. The second kappa shape index (κ2) is 16.5. The van der Waals surface area contributed by atoms with Crippen LogP contribution >= 0.6 is 0 Å². The Bertz CT molecular complexity index is 1650. The molecule has 1 fully saturated rings. The molecule has 0 amide bonds. The molecule has 2 aromatic carbocycles. The van der Waals surface area contributed by atoms with Gasteiger partial charge < -0.3 is 37.9 Å². The van der Waals surface area contributed by atoms with Crippen LogP contribution in [-0.4, -0.2) is 77.7 Å². The zero-order valence-corrected chi connectivity index (χ0v) is 26.1. The second-order valence-electron chi connectivity index (χ2n) is 9.89. The molecule has 1 heterocycles. The molecule has 2 aromatic rings. The summed E-state index contributed by atoms with van der Waals surface area (Å²) in [7, 11) is 0.978. The van der Waals surface area contributed by atoms with Crippen LogP contribution in [0.2, 0.25) is 0 Å². The number of hydrogen-bond acceptors (Lipinski definition) is 17. The molecule has 0 aliphatic carbocycles. The normalized spacial score (nSPS) is 20.3. The van der Waals surface area contributed by atoms with Crippen LogP contribution in [0.15, 0.2) is 42.5 Å². The molecule has 0 bridgehead atoms. The molecule has 3 rings (SSSR count). The summed E-state index contributed by atoms with van der Waals surface area (Å²) in [6.45, 7) is 2.94. The SMILES string of the molecule is C#CCC(OC(=O)Oc1ccc([N+](=O)[O-])cc1)c1ccc(O[C@@H]2OC(C(=O)OC)[C@@H](OC(C)=O)C(OC(C)=O)[C@@H]2OC(C)=O)c([N+](=O)[O-])c1. The molecule has 6 atom stereocenters. The third kappa shape index (κ3) is 9.85. The lowest BCUT2D eigenvalue weighted by Crippen LogP contribution is -2.64. The number of carbonyl (C=O) groups excluding carboxylic acids is 5. The van der Waals surface area contributed by atoms with E-state index >= 15 is 0 Å². The van der Waals surface area contributed by atoms with E-state index in [-0.39, 0.29) is 23.4 Å². The molecule has 0 N–H and O–H groups in total. The molecule has 0 spiro atoms. The molecule has 19 nitrogen and oxygen atoms in total. The number of rotatable bonds is 12. The van der Waals surface area contributed by atoms with E-state index in [2.05, 4.69) is 5.92 Å². The summed E-state index contributed by atoms with van der Waals surface area (Å²) in [4.78, 5) is 82.6. The van der Waals surface area contributed by atoms with Gasteiger partial charge in [0.05, 0.1) is 23.4 Å². The van der Waals surface area contributed by atoms with Crippen molar-refractivity contribution in [2.75, 3.05) is 7.11 Å². The van der Waals surface area contributed by atoms with Crippen LogP contribution in [0.5, 0.6) is 11.5 Å². The molecule has 0 saturated carbocycles. The van der Waals surface area contributed by atoms with Crippen molar-refractivity contribution in [1.82, 2.24) is 0 Å². The third-order valence-electron chi connectivity index (χ3n) is 6.42. The summed E-state index contributed by atoms with van der Waals surface area (Å²) in [6.07, 6.45) is -6.36. The van der Waals surface area contributed by atoms with Crippen molar-refractivity contribution in [3.8, 4) is 23.8 Å². The van der Waals surface area contributed by atoms with E-state index in [1.165, 1.54) is 6.07 Å². The number of carbonyl (C=O) groups is 5. The topological polar surface area (TPSA) is 245 Å². The first-order chi connectivity index (χ1) is 23.1. The Balaban J connectivity index is 1.97. The van der Waals surface area contributed by atoms with E-state index < -0.39 is 88.1 Å². The Labute approximate surface area is 276 Å². The van der Waals surface area contributed by atoms with E-state index in [1.54, 1.807) is 0 Å². The molecule has 260 valence electrons.